The van der Waals surface area contributed by atoms with Gasteiger partial charge in [0.25, 0.3) is 0 Å². The second-order valence-corrected chi connectivity index (χ2v) is 21.1. The summed E-state index contributed by atoms with van der Waals surface area (Å²) in [6.07, 6.45) is 1.81. The minimum absolute atomic E-state index is 0. The van der Waals surface area contributed by atoms with E-state index in [9.17, 15) is 0 Å². The Bertz CT molecular complexity index is 3890. The van der Waals surface area contributed by atoms with Gasteiger partial charge in [-0.25, -0.2) is 0 Å². The standard InChI is InChI=1S/C49H41N2O3.C14H15N2.Ir/c1-27(2)35-22-31(29-14-9-8-10-15-29)23-36(28(3)4)44(35)51-45-39(21-20-30-24-43(49(5,6)7)54-46(30)45)50-48(51)34-18-13-17-33-38-26-41-37(25-42(38)53-47(33)34)32-16-11-12-19-40(32)52-41;1-14(2,3)12-9-10-15-13(16-12)11-7-5-4-6-8-11;/h8-17,19-28H,1-7H3;4-7,9-10H,1-3H3;/q2*-1;. The number of nitrogens with zero attached hydrogens (tertiary/aromatic N) is 4. The maximum Gasteiger partial charge on any atom is 0.159 e. The molecular weight excluding hydrogens is 1050 g/mol. The largest absolute Gasteiger partial charge is 0.501 e. The van der Waals surface area contributed by atoms with Crippen LogP contribution in [-0.2, 0) is 30.9 Å². The molecule has 0 aliphatic heterocycles. The number of hydrogen-bond donors (Lipinski definition) is 0. The maximum absolute atomic E-state index is 6.87. The number of aromatic nitrogens is 4. The van der Waals surface area contributed by atoms with Crippen molar-refractivity contribution in [1.82, 2.24) is 19.5 Å². The Morgan fingerprint density at radius 2 is 1.24 bits per heavy atom. The van der Waals surface area contributed by atoms with Crippen molar-refractivity contribution < 1.29 is 33.4 Å². The molecular formula is C63H56IrN4O3-2. The number of rotatable bonds is 6. The Hall–Kier alpha value is -7.12. The Balaban J connectivity index is 0.000000292. The van der Waals surface area contributed by atoms with Crippen LogP contribution in [0.15, 0.2) is 159 Å². The molecule has 0 N–H and O–H groups in total. The first-order chi connectivity index (χ1) is 33.6. The van der Waals surface area contributed by atoms with Crippen molar-refractivity contribution in [2.45, 2.75) is 91.9 Å². The fraction of sp³-hybridized carbons (Fsp3) is 0.222. The average molecular weight is 1110 g/mol. The molecule has 71 heavy (non-hydrogen) atoms. The molecule has 0 atom stereocenters. The SMILES string of the molecule is CC(C)(C)c1ccnc(-c2[c-]cccc2)n1.CC(C)c1cc(-c2ccccc2)cc(C(C)C)c1-n1c(-c2[c-]ccc3c2oc2cc4c(cc23)oc2ccccc24)nc2ccc3cc(C(C)(C)C)oc3c21.[Ir]. The van der Waals surface area contributed by atoms with E-state index in [2.05, 4.69) is 181 Å². The van der Waals surface area contributed by atoms with E-state index < -0.39 is 0 Å². The second kappa shape index (κ2) is 18.2. The molecule has 12 aromatic rings. The molecule has 0 spiro atoms. The summed E-state index contributed by atoms with van der Waals surface area (Å²) in [7, 11) is 0. The summed E-state index contributed by atoms with van der Waals surface area (Å²) in [4.78, 5) is 14.3. The predicted octanol–water partition coefficient (Wildman–Crippen LogP) is 17.5. The van der Waals surface area contributed by atoms with Gasteiger partial charge >= 0.3 is 0 Å². The van der Waals surface area contributed by atoms with Crippen molar-refractivity contribution >= 4 is 65.9 Å². The monoisotopic (exact) mass is 1110 g/mol. The molecule has 5 aromatic heterocycles. The van der Waals surface area contributed by atoms with Crippen molar-refractivity contribution in [2.75, 3.05) is 0 Å². The van der Waals surface area contributed by atoms with Gasteiger partial charge in [0.05, 0.1) is 22.7 Å². The second-order valence-electron chi connectivity index (χ2n) is 21.1. The summed E-state index contributed by atoms with van der Waals surface area (Å²) >= 11 is 0. The van der Waals surface area contributed by atoms with Crippen LogP contribution in [0.1, 0.15) is 104 Å². The summed E-state index contributed by atoms with van der Waals surface area (Å²) in [5.41, 5.74) is 14.6. The van der Waals surface area contributed by atoms with Crippen LogP contribution in [0, 0.1) is 12.1 Å². The molecule has 0 aliphatic carbocycles. The first-order valence-electron chi connectivity index (χ1n) is 24.3. The third-order valence-corrected chi connectivity index (χ3v) is 13.3. The molecule has 0 unspecified atom stereocenters. The molecule has 0 fully saturated rings. The van der Waals surface area contributed by atoms with Gasteiger partial charge in [0, 0.05) is 70.1 Å². The van der Waals surface area contributed by atoms with Gasteiger partial charge < -0.3 is 17.8 Å². The number of furan rings is 3. The van der Waals surface area contributed by atoms with Gasteiger partial charge in [0.15, 0.2) is 5.58 Å². The van der Waals surface area contributed by atoms with Crippen LogP contribution in [0.3, 0.4) is 0 Å². The van der Waals surface area contributed by atoms with Crippen molar-refractivity contribution in [2.24, 2.45) is 0 Å². The van der Waals surface area contributed by atoms with Gasteiger partial charge in [0.1, 0.15) is 28.0 Å². The molecule has 8 heteroatoms. The zero-order valence-corrected chi connectivity index (χ0v) is 44.3. The number of benzene rings is 7. The third kappa shape index (κ3) is 8.57. The average Bonchev–Trinajstić information content (AvgIpc) is 4.15. The number of hydrogen-bond acceptors (Lipinski definition) is 6. The van der Waals surface area contributed by atoms with E-state index in [4.69, 9.17) is 18.2 Å². The van der Waals surface area contributed by atoms with E-state index in [1.807, 2.05) is 60.8 Å². The molecule has 7 aromatic carbocycles. The van der Waals surface area contributed by atoms with Gasteiger partial charge in [-0.2, -0.15) is 0 Å². The molecule has 357 valence electrons. The number of para-hydroxylation sites is 1. The molecule has 0 saturated heterocycles. The van der Waals surface area contributed by atoms with Gasteiger partial charge in [0.2, 0.25) is 0 Å². The first-order valence-corrected chi connectivity index (χ1v) is 24.3. The summed E-state index contributed by atoms with van der Waals surface area (Å²) < 4.78 is 22.4. The van der Waals surface area contributed by atoms with Crippen molar-refractivity contribution in [1.29, 1.82) is 0 Å². The van der Waals surface area contributed by atoms with E-state index >= 15 is 0 Å². The van der Waals surface area contributed by atoms with E-state index in [1.165, 1.54) is 22.3 Å². The van der Waals surface area contributed by atoms with Crippen LogP contribution >= 0.6 is 0 Å². The van der Waals surface area contributed by atoms with Gasteiger partial charge in [-0.1, -0.05) is 129 Å². The van der Waals surface area contributed by atoms with E-state index in [-0.39, 0.29) is 42.8 Å². The van der Waals surface area contributed by atoms with Crippen LogP contribution in [0.4, 0.5) is 0 Å². The van der Waals surface area contributed by atoms with Crippen LogP contribution in [0.2, 0.25) is 0 Å². The van der Waals surface area contributed by atoms with E-state index in [0.29, 0.717) is 0 Å². The van der Waals surface area contributed by atoms with E-state index in [0.717, 1.165) is 106 Å². The zero-order chi connectivity index (χ0) is 48.6. The quantitative estimate of drug-likeness (QED) is 0.154. The molecule has 0 bridgehead atoms. The van der Waals surface area contributed by atoms with Crippen molar-refractivity contribution in [3.05, 3.63) is 180 Å². The molecule has 5 heterocycles. The molecule has 0 saturated carbocycles. The predicted molar refractivity (Wildman–Crippen MR) is 287 cm³/mol. The smallest absolute Gasteiger partial charge is 0.159 e. The van der Waals surface area contributed by atoms with Crippen molar-refractivity contribution in [3.63, 3.8) is 0 Å². The molecule has 7 nitrogen and oxygen atoms in total. The van der Waals surface area contributed by atoms with Crippen LogP contribution in [0.5, 0.6) is 0 Å². The van der Waals surface area contributed by atoms with E-state index in [1.54, 1.807) is 0 Å². The zero-order valence-electron chi connectivity index (χ0n) is 41.9. The normalized spacial score (nSPS) is 12.2. The number of imidazole rings is 1. The number of fused-ring (bicyclic) bond motifs is 9. The molecule has 0 amide bonds. The molecule has 0 aliphatic rings. The minimum Gasteiger partial charge on any atom is -0.501 e. The van der Waals surface area contributed by atoms with Gasteiger partial charge in [-0.05, 0) is 88.7 Å². The van der Waals surface area contributed by atoms with Crippen LogP contribution in [0.25, 0.3) is 105 Å². The van der Waals surface area contributed by atoms with Gasteiger partial charge in [-0.15, -0.1) is 54.1 Å². The fourth-order valence-electron chi connectivity index (χ4n) is 9.59. The topological polar surface area (TPSA) is 83.0 Å². The Morgan fingerprint density at radius 1 is 0.549 bits per heavy atom. The maximum atomic E-state index is 6.87. The third-order valence-electron chi connectivity index (χ3n) is 13.3. The van der Waals surface area contributed by atoms with Crippen LogP contribution in [-0.4, -0.2) is 19.5 Å². The molecule has 1 radical (unpaired) electrons. The summed E-state index contributed by atoms with van der Waals surface area (Å²) in [5.74, 6) is 2.87. The summed E-state index contributed by atoms with van der Waals surface area (Å²) in [6.45, 7) is 22.1. The van der Waals surface area contributed by atoms with Crippen molar-refractivity contribution in [3.8, 4) is 39.6 Å². The fourth-order valence-corrected chi connectivity index (χ4v) is 9.59. The summed E-state index contributed by atoms with van der Waals surface area (Å²) in [6, 6.07) is 54.8. The van der Waals surface area contributed by atoms with Gasteiger partial charge in [-0.3, -0.25) is 15.0 Å². The first kappa shape index (κ1) is 47.6. The minimum atomic E-state index is -0.166. The molecule has 12 rings (SSSR count). The Morgan fingerprint density at radius 3 is 1.93 bits per heavy atom. The summed E-state index contributed by atoms with van der Waals surface area (Å²) in [5, 5.41) is 5.15. The van der Waals surface area contributed by atoms with Crippen LogP contribution < -0.4 is 0 Å². The Kier molecular flexibility index (Phi) is 12.2. The Labute approximate surface area is 428 Å².